The first-order valence-electron chi connectivity index (χ1n) is 5.46. The van der Waals surface area contributed by atoms with Crippen LogP contribution in [0.5, 0.6) is 0 Å². The summed E-state index contributed by atoms with van der Waals surface area (Å²) in [5.74, 6) is -0.435. The predicted octanol–water partition coefficient (Wildman–Crippen LogP) is 2.60. The van der Waals surface area contributed by atoms with Gasteiger partial charge in [0.1, 0.15) is 6.04 Å². The summed E-state index contributed by atoms with van der Waals surface area (Å²) in [4.78, 5) is 10.8. The summed E-state index contributed by atoms with van der Waals surface area (Å²) in [5, 5.41) is 13.0. The van der Waals surface area contributed by atoms with Crippen LogP contribution in [0.2, 0.25) is 10.0 Å². The Balaban J connectivity index is 1.98. The molecule has 0 saturated carbocycles. The van der Waals surface area contributed by atoms with Gasteiger partial charge in [-0.25, -0.2) is 0 Å². The van der Waals surface area contributed by atoms with E-state index in [1.165, 1.54) is 0 Å². The largest absolute Gasteiger partial charge is 0.480 e. The van der Waals surface area contributed by atoms with E-state index in [0.717, 1.165) is 18.5 Å². The second-order valence-corrected chi connectivity index (χ2v) is 5.17. The first kappa shape index (κ1) is 12.7. The van der Waals surface area contributed by atoms with E-state index in [0.29, 0.717) is 22.4 Å². The zero-order valence-corrected chi connectivity index (χ0v) is 10.6. The monoisotopic (exact) mass is 273 g/mol. The third-order valence-electron chi connectivity index (χ3n) is 3.03. The van der Waals surface area contributed by atoms with Crippen LogP contribution in [0.25, 0.3) is 0 Å². The van der Waals surface area contributed by atoms with E-state index in [1.807, 2.05) is 12.1 Å². The van der Waals surface area contributed by atoms with Crippen molar-refractivity contribution in [1.82, 2.24) is 5.32 Å². The van der Waals surface area contributed by atoms with Gasteiger partial charge in [-0.05, 0) is 43.0 Å². The van der Waals surface area contributed by atoms with Crippen LogP contribution in [0.1, 0.15) is 12.0 Å². The molecule has 0 bridgehead atoms. The first-order valence-corrected chi connectivity index (χ1v) is 6.22. The number of hydrogen-bond acceptors (Lipinski definition) is 2. The second kappa shape index (κ2) is 5.25. The lowest BCUT2D eigenvalue weighted by molar-refractivity contribution is -0.139. The van der Waals surface area contributed by atoms with Gasteiger partial charge in [0.2, 0.25) is 0 Å². The van der Waals surface area contributed by atoms with Crippen molar-refractivity contribution in [3.05, 3.63) is 33.8 Å². The normalized spacial score (nSPS) is 23.9. The van der Waals surface area contributed by atoms with Crippen molar-refractivity contribution < 1.29 is 9.90 Å². The SMILES string of the molecule is O=C(O)[C@@H]1CC(Cc2ccc(Cl)c(Cl)c2)CN1. The molecule has 1 aromatic rings. The molecule has 1 saturated heterocycles. The molecular weight excluding hydrogens is 261 g/mol. The van der Waals surface area contributed by atoms with Crippen LogP contribution < -0.4 is 5.32 Å². The van der Waals surface area contributed by atoms with E-state index in [-0.39, 0.29) is 0 Å². The van der Waals surface area contributed by atoms with Gasteiger partial charge in [-0.2, -0.15) is 0 Å². The molecule has 3 nitrogen and oxygen atoms in total. The van der Waals surface area contributed by atoms with E-state index < -0.39 is 12.0 Å². The summed E-state index contributed by atoms with van der Waals surface area (Å²) in [6, 6.07) is 5.14. The molecule has 92 valence electrons. The summed E-state index contributed by atoms with van der Waals surface area (Å²) in [6.45, 7) is 0.733. The lowest BCUT2D eigenvalue weighted by Gasteiger charge is -2.09. The van der Waals surface area contributed by atoms with E-state index in [2.05, 4.69) is 5.32 Å². The quantitative estimate of drug-likeness (QED) is 0.890. The lowest BCUT2D eigenvalue weighted by atomic mass is 9.97. The van der Waals surface area contributed by atoms with Crippen molar-refractivity contribution >= 4 is 29.2 Å². The summed E-state index contributed by atoms with van der Waals surface area (Å²) in [7, 11) is 0. The minimum absolute atomic E-state index is 0.341. The molecule has 0 aliphatic carbocycles. The Labute approximate surface area is 110 Å². The van der Waals surface area contributed by atoms with Crippen LogP contribution in [-0.4, -0.2) is 23.7 Å². The minimum atomic E-state index is -0.776. The Morgan fingerprint density at radius 3 is 2.76 bits per heavy atom. The average molecular weight is 274 g/mol. The molecule has 1 aliphatic rings. The van der Waals surface area contributed by atoms with E-state index in [9.17, 15) is 4.79 Å². The van der Waals surface area contributed by atoms with Crippen molar-refractivity contribution in [2.75, 3.05) is 6.54 Å². The molecule has 1 heterocycles. The Morgan fingerprint density at radius 2 is 2.18 bits per heavy atom. The van der Waals surface area contributed by atoms with Gasteiger partial charge in [-0.15, -0.1) is 0 Å². The van der Waals surface area contributed by atoms with E-state index in [4.69, 9.17) is 28.3 Å². The molecule has 1 unspecified atom stereocenters. The Morgan fingerprint density at radius 1 is 1.41 bits per heavy atom. The smallest absolute Gasteiger partial charge is 0.320 e. The van der Waals surface area contributed by atoms with Crippen molar-refractivity contribution in [2.24, 2.45) is 5.92 Å². The van der Waals surface area contributed by atoms with Gasteiger partial charge >= 0.3 is 5.97 Å². The third kappa shape index (κ3) is 3.12. The fourth-order valence-corrected chi connectivity index (χ4v) is 2.47. The van der Waals surface area contributed by atoms with E-state index >= 15 is 0 Å². The Bertz CT molecular complexity index is 437. The van der Waals surface area contributed by atoms with Crippen LogP contribution in [0.4, 0.5) is 0 Å². The maximum atomic E-state index is 10.8. The molecule has 5 heteroatoms. The zero-order valence-electron chi connectivity index (χ0n) is 9.12. The highest BCUT2D eigenvalue weighted by Crippen LogP contribution is 2.25. The van der Waals surface area contributed by atoms with Gasteiger partial charge in [-0.1, -0.05) is 29.3 Å². The molecule has 0 spiro atoms. The number of nitrogens with one attached hydrogen (secondary N) is 1. The molecular formula is C12H13Cl2NO2. The van der Waals surface area contributed by atoms with Gasteiger partial charge in [-0.3, -0.25) is 4.79 Å². The van der Waals surface area contributed by atoms with Gasteiger partial charge < -0.3 is 10.4 Å². The summed E-state index contributed by atoms with van der Waals surface area (Å²) in [6.07, 6.45) is 1.49. The van der Waals surface area contributed by atoms with Crippen molar-refractivity contribution in [3.8, 4) is 0 Å². The average Bonchev–Trinajstić information content (AvgIpc) is 2.72. The first-order chi connectivity index (χ1) is 8.06. The van der Waals surface area contributed by atoms with Crippen LogP contribution in [0.15, 0.2) is 18.2 Å². The predicted molar refractivity (Wildman–Crippen MR) is 67.7 cm³/mol. The maximum absolute atomic E-state index is 10.8. The van der Waals surface area contributed by atoms with Crippen molar-refractivity contribution in [3.63, 3.8) is 0 Å². The highest BCUT2D eigenvalue weighted by molar-refractivity contribution is 6.42. The number of carbonyl (C=O) groups is 1. The molecule has 2 atom stereocenters. The number of carboxylic acid groups (broad SMARTS) is 1. The highest BCUT2D eigenvalue weighted by atomic mass is 35.5. The van der Waals surface area contributed by atoms with Crippen LogP contribution >= 0.6 is 23.2 Å². The molecule has 17 heavy (non-hydrogen) atoms. The number of rotatable bonds is 3. The molecule has 0 radical (unpaired) electrons. The zero-order chi connectivity index (χ0) is 12.4. The minimum Gasteiger partial charge on any atom is -0.480 e. The number of aliphatic carboxylic acids is 1. The molecule has 2 N–H and O–H groups in total. The number of halogens is 2. The van der Waals surface area contributed by atoms with Crippen molar-refractivity contribution in [1.29, 1.82) is 0 Å². The molecule has 1 fully saturated rings. The second-order valence-electron chi connectivity index (χ2n) is 4.35. The summed E-state index contributed by atoms with van der Waals surface area (Å²) >= 11 is 11.8. The fraction of sp³-hybridized carbons (Fsp3) is 0.417. The van der Waals surface area contributed by atoms with E-state index in [1.54, 1.807) is 6.07 Å². The summed E-state index contributed by atoms with van der Waals surface area (Å²) < 4.78 is 0. The standard InChI is InChI=1S/C12H13Cl2NO2/c13-9-2-1-7(4-10(9)14)3-8-5-11(12(16)17)15-6-8/h1-2,4,8,11,15H,3,5-6H2,(H,16,17)/t8?,11-/m0/s1. The number of hydrogen-bond donors (Lipinski definition) is 2. The third-order valence-corrected chi connectivity index (χ3v) is 3.77. The van der Waals surface area contributed by atoms with Crippen molar-refractivity contribution in [2.45, 2.75) is 18.9 Å². The molecule has 0 amide bonds. The number of carboxylic acids is 1. The highest BCUT2D eigenvalue weighted by Gasteiger charge is 2.28. The van der Waals surface area contributed by atoms with Crippen LogP contribution in [0.3, 0.4) is 0 Å². The summed E-state index contributed by atoms with van der Waals surface area (Å²) in [5.41, 5.74) is 1.09. The maximum Gasteiger partial charge on any atom is 0.320 e. The molecule has 2 rings (SSSR count). The van der Waals surface area contributed by atoms with Gasteiger partial charge in [0.25, 0.3) is 0 Å². The van der Waals surface area contributed by atoms with Crippen LogP contribution in [0, 0.1) is 5.92 Å². The molecule has 1 aromatic carbocycles. The molecule has 0 aromatic heterocycles. The Kier molecular flexibility index (Phi) is 3.92. The topological polar surface area (TPSA) is 49.3 Å². The lowest BCUT2D eigenvalue weighted by Crippen LogP contribution is -2.29. The van der Waals surface area contributed by atoms with Crippen LogP contribution in [-0.2, 0) is 11.2 Å². The Hall–Kier alpha value is -0.770. The number of benzene rings is 1. The van der Waals surface area contributed by atoms with Gasteiger partial charge in [0.15, 0.2) is 0 Å². The van der Waals surface area contributed by atoms with Gasteiger partial charge in [0.05, 0.1) is 10.0 Å². The molecule has 1 aliphatic heterocycles. The fourth-order valence-electron chi connectivity index (χ4n) is 2.15. The van der Waals surface area contributed by atoms with Gasteiger partial charge in [0, 0.05) is 0 Å².